The second-order valence-corrected chi connectivity index (χ2v) is 4.99. The van der Waals surface area contributed by atoms with Crippen LogP contribution in [0.2, 0.25) is 0 Å². The zero-order valence-corrected chi connectivity index (χ0v) is 11.9. The van der Waals surface area contributed by atoms with Gasteiger partial charge in [0, 0.05) is 5.69 Å². The average molecular weight is 300 g/mol. The summed E-state index contributed by atoms with van der Waals surface area (Å²) in [5, 5.41) is 15.1. The maximum Gasteiger partial charge on any atom is 0.310 e. The molecule has 1 amide bonds. The first-order valence-corrected chi connectivity index (χ1v) is 7.08. The first-order valence-electron chi connectivity index (χ1n) is 6.14. The van der Waals surface area contributed by atoms with Gasteiger partial charge in [0.2, 0.25) is 0 Å². The van der Waals surface area contributed by atoms with E-state index < -0.39 is 11.9 Å². The summed E-state index contributed by atoms with van der Waals surface area (Å²) in [6, 6.07) is 10.3. The van der Waals surface area contributed by atoms with Crippen LogP contribution in [0.15, 0.2) is 41.1 Å². The molecule has 2 aromatic rings. The van der Waals surface area contributed by atoms with E-state index >= 15 is 0 Å². The first-order chi connectivity index (χ1) is 10.2. The predicted octanol–water partition coefficient (Wildman–Crippen LogP) is 2.34. The Balaban J connectivity index is 1.79. The molecule has 21 heavy (non-hydrogen) atoms. The van der Waals surface area contributed by atoms with Crippen LogP contribution in [-0.4, -0.2) is 18.5 Å². The highest BCUT2D eigenvalue weighted by Crippen LogP contribution is 2.10. The third kappa shape index (κ3) is 4.75. The second-order valence-electron chi connectivity index (χ2n) is 4.21. The topological polar surface area (TPSA) is 79.2 Å². The lowest BCUT2D eigenvalue weighted by molar-refractivity contribution is -0.146. The highest BCUT2D eigenvalue weighted by atomic mass is 32.1. The fourth-order valence-electron chi connectivity index (χ4n) is 1.62. The Morgan fingerprint density at radius 2 is 2.19 bits per heavy atom. The van der Waals surface area contributed by atoms with Crippen LogP contribution in [0.1, 0.15) is 11.1 Å². The van der Waals surface area contributed by atoms with Gasteiger partial charge in [-0.1, -0.05) is 6.07 Å². The number of thiophene rings is 1. The molecule has 0 unspecified atom stereocenters. The molecule has 0 aliphatic rings. The molecular formula is C15H12N2O3S. The molecule has 106 valence electrons. The summed E-state index contributed by atoms with van der Waals surface area (Å²) in [5.74, 6) is -0.891. The summed E-state index contributed by atoms with van der Waals surface area (Å²) in [6.07, 6.45) is 0.153. The summed E-state index contributed by atoms with van der Waals surface area (Å²) in [5.41, 5.74) is 1.81. The van der Waals surface area contributed by atoms with Crippen LogP contribution in [-0.2, 0) is 20.7 Å². The number of anilines is 1. The van der Waals surface area contributed by atoms with Crippen LogP contribution >= 0.6 is 11.3 Å². The van der Waals surface area contributed by atoms with Gasteiger partial charge in [0.15, 0.2) is 6.61 Å². The molecular weight excluding hydrogens is 288 g/mol. The second kappa shape index (κ2) is 7.22. The van der Waals surface area contributed by atoms with E-state index in [-0.39, 0.29) is 13.0 Å². The Kier molecular flexibility index (Phi) is 5.07. The Morgan fingerprint density at radius 3 is 2.90 bits per heavy atom. The summed E-state index contributed by atoms with van der Waals surface area (Å²) in [6.45, 7) is -0.347. The van der Waals surface area contributed by atoms with Gasteiger partial charge in [-0.3, -0.25) is 9.59 Å². The van der Waals surface area contributed by atoms with Gasteiger partial charge in [-0.05, 0) is 40.6 Å². The van der Waals surface area contributed by atoms with Crippen molar-refractivity contribution in [2.24, 2.45) is 0 Å². The number of benzene rings is 1. The molecule has 6 heteroatoms. The van der Waals surface area contributed by atoms with Gasteiger partial charge in [-0.15, -0.1) is 0 Å². The van der Waals surface area contributed by atoms with Crippen molar-refractivity contribution >= 4 is 28.9 Å². The Morgan fingerprint density at radius 1 is 1.33 bits per heavy atom. The average Bonchev–Trinajstić information content (AvgIpc) is 2.98. The Hall–Kier alpha value is -2.65. The van der Waals surface area contributed by atoms with Gasteiger partial charge in [0.1, 0.15) is 0 Å². The first kappa shape index (κ1) is 14.8. The third-order valence-electron chi connectivity index (χ3n) is 2.57. The summed E-state index contributed by atoms with van der Waals surface area (Å²) in [4.78, 5) is 23.2. The normalized spacial score (nSPS) is 9.67. The third-order valence-corrected chi connectivity index (χ3v) is 3.30. The lowest BCUT2D eigenvalue weighted by Crippen LogP contribution is -2.21. The number of nitriles is 1. The van der Waals surface area contributed by atoms with Crippen molar-refractivity contribution < 1.29 is 14.3 Å². The molecule has 0 saturated heterocycles. The van der Waals surface area contributed by atoms with Gasteiger partial charge in [0.05, 0.1) is 18.1 Å². The molecule has 1 aromatic carbocycles. The number of carbonyl (C=O) groups is 2. The monoisotopic (exact) mass is 300 g/mol. The molecule has 5 nitrogen and oxygen atoms in total. The van der Waals surface area contributed by atoms with E-state index in [2.05, 4.69) is 5.32 Å². The standard InChI is InChI=1S/C15H12N2O3S/c16-8-11-2-1-3-13(6-11)17-14(18)9-20-15(19)7-12-4-5-21-10-12/h1-6,10H,7,9H2,(H,17,18). The van der Waals surface area contributed by atoms with E-state index in [0.29, 0.717) is 11.3 Å². The number of ether oxygens (including phenoxy) is 1. The SMILES string of the molecule is N#Cc1cccc(NC(=O)COC(=O)Cc2ccsc2)c1. The van der Waals surface area contributed by atoms with Gasteiger partial charge in [-0.25, -0.2) is 0 Å². The lowest BCUT2D eigenvalue weighted by atomic mass is 10.2. The number of carbonyl (C=O) groups excluding carboxylic acids is 2. The highest BCUT2D eigenvalue weighted by molar-refractivity contribution is 7.07. The Bertz CT molecular complexity index is 674. The van der Waals surface area contributed by atoms with Crippen molar-refractivity contribution in [1.82, 2.24) is 0 Å². The molecule has 0 atom stereocenters. The van der Waals surface area contributed by atoms with Crippen molar-refractivity contribution in [2.45, 2.75) is 6.42 Å². The smallest absolute Gasteiger partial charge is 0.310 e. The molecule has 2 rings (SSSR count). The van der Waals surface area contributed by atoms with E-state index in [0.717, 1.165) is 5.56 Å². The van der Waals surface area contributed by atoms with Crippen LogP contribution in [0.4, 0.5) is 5.69 Å². The van der Waals surface area contributed by atoms with Gasteiger partial charge in [-0.2, -0.15) is 16.6 Å². The molecule has 0 bridgehead atoms. The van der Waals surface area contributed by atoms with Crippen molar-refractivity contribution in [3.63, 3.8) is 0 Å². The number of amides is 1. The molecule has 0 fully saturated rings. The minimum atomic E-state index is -0.450. The van der Waals surface area contributed by atoms with Crippen molar-refractivity contribution in [1.29, 1.82) is 5.26 Å². The fraction of sp³-hybridized carbons (Fsp3) is 0.133. The van der Waals surface area contributed by atoms with Crippen LogP contribution in [0.5, 0.6) is 0 Å². The Labute approximate surface area is 125 Å². The molecule has 1 aromatic heterocycles. The number of hydrogen-bond donors (Lipinski definition) is 1. The molecule has 0 saturated carbocycles. The minimum Gasteiger partial charge on any atom is -0.455 e. The largest absolute Gasteiger partial charge is 0.455 e. The van der Waals surface area contributed by atoms with Crippen molar-refractivity contribution in [2.75, 3.05) is 11.9 Å². The zero-order valence-electron chi connectivity index (χ0n) is 11.0. The fourth-order valence-corrected chi connectivity index (χ4v) is 2.29. The van der Waals surface area contributed by atoms with Crippen LogP contribution in [0.3, 0.4) is 0 Å². The maximum atomic E-state index is 11.6. The van der Waals surface area contributed by atoms with E-state index in [1.165, 1.54) is 11.3 Å². The maximum absolute atomic E-state index is 11.6. The quantitative estimate of drug-likeness (QED) is 0.860. The number of hydrogen-bond acceptors (Lipinski definition) is 5. The van der Waals surface area contributed by atoms with Crippen LogP contribution < -0.4 is 5.32 Å². The van der Waals surface area contributed by atoms with E-state index in [1.54, 1.807) is 24.3 Å². The van der Waals surface area contributed by atoms with Gasteiger partial charge < -0.3 is 10.1 Å². The number of rotatable bonds is 5. The minimum absolute atomic E-state index is 0.153. The van der Waals surface area contributed by atoms with E-state index in [4.69, 9.17) is 10.00 Å². The molecule has 0 spiro atoms. The molecule has 1 heterocycles. The summed E-state index contributed by atoms with van der Waals surface area (Å²) >= 11 is 1.50. The van der Waals surface area contributed by atoms with Crippen molar-refractivity contribution in [3.8, 4) is 6.07 Å². The van der Waals surface area contributed by atoms with Crippen molar-refractivity contribution in [3.05, 3.63) is 52.2 Å². The zero-order chi connectivity index (χ0) is 15.1. The summed E-state index contributed by atoms with van der Waals surface area (Å²) < 4.78 is 4.89. The number of nitrogens with zero attached hydrogens (tertiary/aromatic N) is 1. The van der Waals surface area contributed by atoms with E-state index in [9.17, 15) is 9.59 Å². The number of nitrogens with one attached hydrogen (secondary N) is 1. The van der Waals surface area contributed by atoms with E-state index in [1.807, 2.05) is 22.9 Å². The molecule has 1 N–H and O–H groups in total. The number of esters is 1. The lowest BCUT2D eigenvalue weighted by Gasteiger charge is -2.06. The molecule has 0 radical (unpaired) electrons. The predicted molar refractivity (Wildman–Crippen MR) is 78.8 cm³/mol. The highest BCUT2D eigenvalue weighted by Gasteiger charge is 2.09. The van der Waals surface area contributed by atoms with Gasteiger partial charge >= 0.3 is 5.97 Å². The summed E-state index contributed by atoms with van der Waals surface area (Å²) in [7, 11) is 0. The van der Waals surface area contributed by atoms with Crippen LogP contribution in [0, 0.1) is 11.3 Å². The molecule has 0 aliphatic carbocycles. The van der Waals surface area contributed by atoms with Gasteiger partial charge in [0.25, 0.3) is 5.91 Å². The molecule has 0 aliphatic heterocycles. The van der Waals surface area contributed by atoms with Crippen LogP contribution in [0.25, 0.3) is 0 Å².